The summed E-state index contributed by atoms with van der Waals surface area (Å²) in [6, 6.07) is 16.0. The molecular weight excluding hydrogens is 452 g/mol. The number of anilines is 1. The van der Waals surface area contributed by atoms with Crippen LogP contribution in [-0.2, 0) is 16.4 Å². The smallest absolute Gasteiger partial charge is 0.263 e. The fourth-order valence-corrected chi connectivity index (χ4v) is 6.31. The maximum Gasteiger partial charge on any atom is 0.263 e. The van der Waals surface area contributed by atoms with Crippen molar-refractivity contribution in [1.82, 2.24) is 14.3 Å². The maximum atomic E-state index is 12.6. The highest BCUT2D eigenvalue weighted by atomic mass is 35.5. The van der Waals surface area contributed by atoms with Gasteiger partial charge in [-0.25, -0.2) is 13.4 Å². The number of benzene rings is 2. The zero-order chi connectivity index (χ0) is 21.8. The summed E-state index contributed by atoms with van der Waals surface area (Å²) in [5, 5.41) is 0.683. The van der Waals surface area contributed by atoms with Crippen LogP contribution < -0.4 is 4.72 Å². The van der Waals surface area contributed by atoms with E-state index in [1.54, 1.807) is 6.07 Å². The highest BCUT2D eigenvalue weighted by molar-refractivity contribution is 7.93. The number of halogens is 1. The van der Waals surface area contributed by atoms with Gasteiger partial charge >= 0.3 is 0 Å². The maximum absolute atomic E-state index is 12.6. The van der Waals surface area contributed by atoms with E-state index in [0.717, 1.165) is 42.9 Å². The highest BCUT2D eigenvalue weighted by Crippen LogP contribution is 2.34. The molecule has 0 amide bonds. The predicted molar refractivity (Wildman–Crippen MR) is 125 cm³/mol. The normalized spacial score (nSPS) is 18.6. The second kappa shape index (κ2) is 9.65. The molecule has 2 heterocycles. The topological polar surface area (TPSA) is 75.2 Å². The van der Waals surface area contributed by atoms with Crippen LogP contribution in [0.25, 0.3) is 0 Å². The molecule has 1 saturated heterocycles. The van der Waals surface area contributed by atoms with Crippen LogP contribution in [0.5, 0.6) is 0 Å². The average Bonchev–Trinajstić information content (AvgIpc) is 3.27. The van der Waals surface area contributed by atoms with E-state index in [1.807, 2.05) is 12.1 Å². The van der Waals surface area contributed by atoms with E-state index in [1.165, 1.54) is 24.4 Å². The van der Waals surface area contributed by atoms with Gasteiger partial charge in [-0.1, -0.05) is 54.4 Å². The molecule has 1 N–H and O–H groups in total. The van der Waals surface area contributed by atoms with Gasteiger partial charge in [0.15, 0.2) is 0 Å². The van der Waals surface area contributed by atoms with Crippen LogP contribution in [0.4, 0.5) is 5.13 Å². The Morgan fingerprint density at radius 3 is 2.74 bits per heavy atom. The van der Waals surface area contributed by atoms with Gasteiger partial charge in [-0.2, -0.15) is 4.37 Å². The Hall–Kier alpha value is -2.00. The van der Waals surface area contributed by atoms with Crippen molar-refractivity contribution in [2.75, 3.05) is 11.3 Å². The van der Waals surface area contributed by atoms with Crippen molar-refractivity contribution in [3.8, 4) is 0 Å². The number of nitrogens with zero attached hydrogens (tertiary/aromatic N) is 3. The summed E-state index contributed by atoms with van der Waals surface area (Å²) < 4.78 is 31.5. The fourth-order valence-electron chi connectivity index (χ4n) is 4.22. The SMILES string of the molecule is C[C@@H](c1ccc(S(=O)(=O)Nc2ncns2)cc1Cl)N1CCCC[C@H]1Cc1ccccc1. The minimum atomic E-state index is -3.76. The van der Waals surface area contributed by atoms with Crippen LogP contribution in [0, 0.1) is 0 Å². The van der Waals surface area contributed by atoms with Crippen LogP contribution in [0.3, 0.4) is 0 Å². The number of sulfonamides is 1. The lowest BCUT2D eigenvalue weighted by atomic mass is 9.92. The van der Waals surface area contributed by atoms with Crippen molar-refractivity contribution < 1.29 is 8.42 Å². The molecule has 0 radical (unpaired) electrons. The summed E-state index contributed by atoms with van der Waals surface area (Å²) >= 11 is 7.58. The molecule has 6 nitrogen and oxygen atoms in total. The van der Waals surface area contributed by atoms with Crippen LogP contribution in [-0.4, -0.2) is 35.3 Å². The zero-order valence-electron chi connectivity index (χ0n) is 17.2. The van der Waals surface area contributed by atoms with Gasteiger partial charge < -0.3 is 0 Å². The number of nitrogens with one attached hydrogen (secondary N) is 1. The Morgan fingerprint density at radius 1 is 1.23 bits per heavy atom. The summed E-state index contributed by atoms with van der Waals surface area (Å²) in [4.78, 5) is 6.50. The Labute approximate surface area is 192 Å². The van der Waals surface area contributed by atoms with Crippen LogP contribution >= 0.6 is 23.1 Å². The van der Waals surface area contributed by atoms with E-state index < -0.39 is 10.0 Å². The number of aromatic nitrogens is 2. The van der Waals surface area contributed by atoms with Gasteiger partial charge in [0.1, 0.15) is 6.33 Å². The summed E-state index contributed by atoms with van der Waals surface area (Å²) in [5.41, 5.74) is 2.28. The second-order valence-corrected chi connectivity index (χ2v) is 10.7. The number of piperidine rings is 1. The van der Waals surface area contributed by atoms with Gasteiger partial charge in [0.25, 0.3) is 10.0 Å². The van der Waals surface area contributed by atoms with E-state index >= 15 is 0 Å². The standard InChI is InChI=1S/C22H25ClN4O2S2/c1-16(27-12-6-5-9-18(27)13-17-7-3-2-4-8-17)20-11-10-19(14-21(20)23)31(28,29)26-22-24-15-25-30-22/h2-4,7-8,10-11,14-16,18H,5-6,9,12-13H2,1H3,(H,24,25,26)/t16-,18-/m0/s1. The van der Waals surface area contributed by atoms with Gasteiger partial charge in [0.2, 0.25) is 5.13 Å². The number of hydrogen-bond donors (Lipinski definition) is 1. The summed E-state index contributed by atoms with van der Waals surface area (Å²) in [6.07, 6.45) is 5.84. The third kappa shape index (κ3) is 5.26. The molecule has 1 aliphatic rings. The molecule has 0 spiro atoms. The Morgan fingerprint density at radius 2 is 2.03 bits per heavy atom. The molecular formula is C22H25ClN4O2S2. The van der Waals surface area contributed by atoms with Gasteiger partial charge in [-0.15, -0.1) is 0 Å². The molecule has 0 unspecified atom stereocenters. The Balaban J connectivity index is 1.54. The van der Waals surface area contributed by atoms with Crippen molar-refractivity contribution in [2.45, 2.75) is 49.6 Å². The van der Waals surface area contributed by atoms with Crippen LogP contribution in [0.1, 0.15) is 43.4 Å². The van der Waals surface area contributed by atoms with Gasteiger partial charge in [-0.3, -0.25) is 9.62 Å². The summed E-state index contributed by atoms with van der Waals surface area (Å²) in [6.45, 7) is 3.16. The third-order valence-electron chi connectivity index (χ3n) is 5.80. The lowest BCUT2D eigenvalue weighted by Gasteiger charge is -2.40. The first-order valence-electron chi connectivity index (χ1n) is 10.3. The molecule has 0 saturated carbocycles. The first kappa shape index (κ1) is 22.2. The van der Waals surface area contributed by atoms with E-state index in [2.05, 4.69) is 50.2 Å². The molecule has 31 heavy (non-hydrogen) atoms. The second-order valence-electron chi connectivity index (χ2n) is 7.79. The van der Waals surface area contributed by atoms with Gasteiger partial charge in [0.05, 0.1) is 4.90 Å². The number of likely N-dealkylation sites (tertiary alicyclic amines) is 1. The number of rotatable bonds is 7. The number of hydrogen-bond acceptors (Lipinski definition) is 6. The van der Waals surface area contributed by atoms with Gasteiger partial charge in [-0.05, 0) is 56.0 Å². The first-order valence-corrected chi connectivity index (χ1v) is 13.0. The molecule has 1 aromatic heterocycles. The van der Waals surface area contributed by atoms with E-state index in [4.69, 9.17) is 11.6 Å². The molecule has 9 heteroatoms. The minimum absolute atomic E-state index is 0.0920. The predicted octanol–water partition coefficient (Wildman–Crippen LogP) is 5.15. The summed E-state index contributed by atoms with van der Waals surface area (Å²) in [5.74, 6) is 0. The van der Waals surface area contributed by atoms with E-state index in [9.17, 15) is 8.42 Å². The molecule has 164 valence electrons. The van der Waals surface area contributed by atoms with Crippen molar-refractivity contribution in [3.63, 3.8) is 0 Å². The molecule has 0 aliphatic carbocycles. The third-order valence-corrected chi connectivity index (χ3v) is 8.17. The molecule has 3 aromatic rings. The molecule has 1 fully saturated rings. The van der Waals surface area contributed by atoms with Crippen molar-refractivity contribution >= 4 is 38.3 Å². The Bertz CT molecular complexity index is 1110. The molecule has 4 rings (SSSR count). The first-order chi connectivity index (χ1) is 14.9. The molecule has 0 bridgehead atoms. The fraction of sp³-hybridized carbons (Fsp3) is 0.364. The van der Waals surface area contributed by atoms with Crippen LogP contribution in [0.2, 0.25) is 5.02 Å². The monoisotopic (exact) mass is 476 g/mol. The van der Waals surface area contributed by atoms with Crippen molar-refractivity contribution in [1.29, 1.82) is 0 Å². The van der Waals surface area contributed by atoms with Crippen molar-refractivity contribution in [2.24, 2.45) is 0 Å². The largest absolute Gasteiger partial charge is 0.293 e. The quantitative estimate of drug-likeness (QED) is 0.510. The molecule has 1 aliphatic heterocycles. The molecule has 2 aromatic carbocycles. The summed E-state index contributed by atoms with van der Waals surface area (Å²) in [7, 11) is -3.76. The van der Waals surface area contributed by atoms with Crippen molar-refractivity contribution in [3.05, 3.63) is 71.0 Å². The Kier molecular flexibility index (Phi) is 6.91. The zero-order valence-corrected chi connectivity index (χ0v) is 19.6. The lowest BCUT2D eigenvalue weighted by Crippen LogP contribution is -2.42. The lowest BCUT2D eigenvalue weighted by molar-refractivity contribution is 0.103. The van der Waals surface area contributed by atoms with E-state index in [-0.39, 0.29) is 16.1 Å². The van der Waals surface area contributed by atoms with Gasteiger partial charge in [0, 0.05) is 28.6 Å². The average molecular weight is 477 g/mol. The minimum Gasteiger partial charge on any atom is -0.293 e. The molecule has 2 atom stereocenters. The van der Waals surface area contributed by atoms with Crippen LogP contribution in [0.15, 0.2) is 59.8 Å². The van der Waals surface area contributed by atoms with E-state index in [0.29, 0.717) is 11.1 Å². The highest BCUT2D eigenvalue weighted by Gasteiger charge is 2.29.